The van der Waals surface area contributed by atoms with Crippen LogP contribution in [-0.4, -0.2) is 11.8 Å². The van der Waals surface area contributed by atoms with Gasteiger partial charge in [0, 0.05) is 0 Å². The van der Waals surface area contributed by atoms with Gasteiger partial charge in [-0.1, -0.05) is 35.7 Å². The molecule has 0 heterocycles. The maximum Gasteiger partial charge on any atom is 0.146 e. The molecule has 0 fully saturated rings. The first kappa shape index (κ1) is 13.9. The summed E-state index contributed by atoms with van der Waals surface area (Å²) >= 11 is 0. The molecule has 0 radical (unpaired) electrons. The fourth-order valence-electron chi connectivity index (χ4n) is 2.11. The first-order chi connectivity index (χ1) is 7.99. The number of nitrogens with two attached hydrogens (primary N) is 1. The molecule has 1 atom stereocenters. The summed E-state index contributed by atoms with van der Waals surface area (Å²) < 4.78 is 0. The van der Waals surface area contributed by atoms with Gasteiger partial charge in [0.25, 0.3) is 0 Å². The smallest absolute Gasteiger partial charge is 0.146 e. The van der Waals surface area contributed by atoms with Crippen molar-refractivity contribution in [3.05, 3.63) is 34.9 Å². The average Bonchev–Trinajstić information content (AvgIpc) is 2.22. The number of carbonyl (C=O) groups excluding carboxylic acids is 1. The molecule has 0 bridgehead atoms. The molecule has 0 spiro atoms. The molecule has 94 valence electrons. The van der Waals surface area contributed by atoms with Crippen molar-refractivity contribution in [2.45, 2.75) is 52.5 Å². The zero-order valence-electron chi connectivity index (χ0n) is 11.1. The van der Waals surface area contributed by atoms with Gasteiger partial charge in [0.1, 0.15) is 5.78 Å². The summed E-state index contributed by atoms with van der Waals surface area (Å²) in [6.45, 7) is 5.82. The summed E-state index contributed by atoms with van der Waals surface area (Å²) in [5, 5.41) is 0. The molecule has 2 heteroatoms. The largest absolute Gasteiger partial charge is 0.322 e. The highest BCUT2D eigenvalue weighted by Crippen LogP contribution is 2.12. The molecule has 0 aliphatic heterocycles. The zero-order valence-corrected chi connectivity index (χ0v) is 11.1. The van der Waals surface area contributed by atoms with E-state index in [-0.39, 0.29) is 11.8 Å². The minimum atomic E-state index is -0.269. The molecule has 0 aromatic heterocycles. The van der Waals surface area contributed by atoms with Crippen molar-refractivity contribution in [2.24, 2.45) is 5.73 Å². The van der Waals surface area contributed by atoms with Crippen LogP contribution in [0.4, 0.5) is 0 Å². The van der Waals surface area contributed by atoms with E-state index in [0.29, 0.717) is 0 Å². The highest BCUT2D eigenvalue weighted by Gasteiger charge is 2.06. The molecule has 0 amide bonds. The van der Waals surface area contributed by atoms with E-state index < -0.39 is 0 Å². The molecule has 1 aromatic rings. The fraction of sp³-hybridized carbons (Fsp3) is 0.533. The van der Waals surface area contributed by atoms with E-state index in [9.17, 15) is 4.79 Å². The van der Waals surface area contributed by atoms with Crippen molar-refractivity contribution in [3.8, 4) is 0 Å². The van der Waals surface area contributed by atoms with Crippen LogP contribution in [-0.2, 0) is 11.2 Å². The molecule has 0 saturated heterocycles. The molecular formula is C15H23NO. The Labute approximate surface area is 104 Å². The number of ketones is 1. The van der Waals surface area contributed by atoms with Gasteiger partial charge in [0.2, 0.25) is 0 Å². The van der Waals surface area contributed by atoms with Crippen molar-refractivity contribution < 1.29 is 4.79 Å². The monoisotopic (exact) mass is 233 g/mol. The lowest BCUT2D eigenvalue weighted by molar-refractivity contribution is -0.118. The molecule has 0 aliphatic carbocycles. The van der Waals surface area contributed by atoms with Gasteiger partial charge in [-0.25, -0.2) is 0 Å². The Kier molecular flexibility index (Phi) is 5.36. The summed E-state index contributed by atoms with van der Waals surface area (Å²) in [5.41, 5.74) is 9.72. The molecule has 0 aliphatic rings. The topological polar surface area (TPSA) is 43.1 Å². The van der Waals surface area contributed by atoms with Gasteiger partial charge in [-0.05, 0) is 45.6 Å². The molecule has 17 heavy (non-hydrogen) atoms. The molecular weight excluding hydrogens is 210 g/mol. The third kappa shape index (κ3) is 5.14. The van der Waals surface area contributed by atoms with Gasteiger partial charge in [0.05, 0.1) is 6.04 Å². The summed E-state index contributed by atoms with van der Waals surface area (Å²) in [5.74, 6) is 0.0939. The maximum atomic E-state index is 11.0. The third-order valence-corrected chi connectivity index (χ3v) is 3.03. The molecule has 1 aromatic carbocycles. The van der Waals surface area contributed by atoms with Crippen LogP contribution in [0.15, 0.2) is 18.2 Å². The number of hydrogen-bond acceptors (Lipinski definition) is 2. The second kappa shape index (κ2) is 6.55. The Morgan fingerprint density at radius 3 is 2.29 bits per heavy atom. The van der Waals surface area contributed by atoms with Gasteiger partial charge in [-0.3, -0.25) is 4.79 Å². The predicted molar refractivity (Wildman–Crippen MR) is 72.1 cm³/mol. The number of benzene rings is 1. The van der Waals surface area contributed by atoms with Crippen molar-refractivity contribution in [2.75, 3.05) is 0 Å². The number of aryl methyl sites for hydroxylation is 3. The van der Waals surface area contributed by atoms with Gasteiger partial charge in [-0.15, -0.1) is 0 Å². The summed E-state index contributed by atoms with van der Waals surface area (Å²) in [6, 6.07) is 6.39. The van der Waals surface area contributed by atoms with Crippen LogP contribution in [0, 0.1) is 13.8 Å². The Bertz CT molecular complexity index is 364. The number of rotatable bonds is 6. The lowest BCUT2D eigenvalue weighted by atomic mass is 10.0. The van der Waals surface area contributed by atoms with E-state index >= 15 is 0 Å². The second-order valence-electron chi connectivity index (χ2n) is 4.96. The third-order valence-electron chi connectivity index (χ3n) is 3.03. The Morgan fingerprint density at radius 1 is 1.18 bits per heavy atom. The van der Waals surface area contributed by atoms with E-state index in [2.05, 4.69) is 32.0 Å². The van der Waals surface area contributed by atoms with Gasteiger partial charge in [0.15, 0.2) is 0 Å². The molecule has 2 nitrogen and oxygen atoms in total. The van der Waals surface area contributed by atoms with E-state index in [4.69, 9.17) is 5.73 Å². The predicted octanol–water partition coefficient (Wildman–Crippen LogP) is 2.93. The van der Waals surface area contributed by atoms with E-state index in [1.807, 2.05) is 0 Å². The Morgan fingerprint density at radius 2 is 1.76 bits per heavy atom. The van der Waals surface area contributed by atoms with Crippen LogP contribution in [0.25, 0.3) is 0 Å². The average molecular weight is 233 g/mol. The fourth-order valence-corrected chi connectivity index (χ4v) is 2.11. The van der Waals surface area contributed by atoms with Crippen LogP contribution >= 0.6 is 0 Å². The van der Waals surface area contributed by atoms with Crippen molar-refractivity contribution in [3.63, 3.8) is 0 Å². The zero-order chi connectivity index (χ0) is 12.8. The summed E-state index contributed by atoms with van der Waals surface area (Å²) in [4.78, 5) is 11.0. The van der Waals surface area contributed by atoms with Crippen LogP contribution in [0.1, 0.15) is 42.9 Å². The maximum absolute atomic E-state index is 11.0. The van der Waals surface area contributed by atoms with Crippen molar-refractivity contribution in [1.29, 1.82) is 0 Å². The van der Waals surface area contributed by atoms with Gasteiger partial charge >= 0.3 is 0 Å². The SMILES string of the molecule is CC(=O)C(N)CCCCc1cc(C)cc(C)c1. The van der Waals surface area contributed by atoms with E-state index in [0.717, 1.165) is 25.7 Å². The highest BCUT2D eigenvalue weighted by atomic mass is 16.1. The van der Waals surface area contributed by atoms with Gasteiger partial charge < -0.3 is 5.73 Å². The summed E-state index contributed by atoms with van der Waals surface area (Å²) in [7, 11) is 0. The number of hydrogen-bond donors (Lipinski definition) is 1. The molecule has 1 unspecified atom stereocenters. The van der Waals surface area contributed by atoms with Crippen molar-refractivity contribution >= 4 is 5.78 Å². The van der Waals surface area contributed by atoms with Crippen LogP contribution in [0.3, 0.4) is 0 Å². The first-order valence-electron chi connectivity index (χ1n) is 6.32. The molecule has 1 rings (SSSR count). The lowest BCUT2D eigenvalue weighted by Gasteiger charge is -2.08. The first-order valence-corrected chi connectivity index (χ1v) is 6.32. The number of unbranched alkanes of at least 4 members (excludes halogenated alkanes) is 1. The Balaban J connectivity index is 2.33. The standard InChI is InChI=1S/C15H23NO/c1-11-8-12(2)10-14(9-11)6-4-5-7-15(16)13(3)17/h8-10,15H,4-7,16H2,1-3H3. The molecule has 0 saturated carbocycles. The minimum Gasteiger partial charge on any atom is -0.322 e. The Hall–Kier alpha value is -1.15. The molecule has 2 N–H and O–H groups in total. The number of carbonyl (C=O) groups is 1. The summed E-state index contributed by atoms with van der Waals surface area (Å²) in [6.07, 6.45) is 4.00. The van der Waals surface area contributed by atoms with E-state index in [1.165, 1.54) is 16.7 Å². The number of Topliss-reactive ketones (excluding diaryl/α,β-unsaturated/α-hetero) is 1. The van der Waals surface area contributed by atoms with Crippen LogP contribution < -0.4 is 5.73 Å². The van der Waals surface area contributed by atoms with Crippen molar-refractivity contribution in [1.82, 2.24) is 0 Å². The van der Waals surface area contributed by atoms with Crippen LogP contribution in [0.5, 0.6) is 0 Å². The van der Waals surface area contributed by atoms with Gasteiger partial charge in [-0.2, -0.15) is 0 Å². The quantitative estimate of drug-likeness (QED) is 0.768. The van der Waals surface area contributed by atoms with E-state index in [1.54, 1.807) is 6.92 Å². The highest BCUT2D eigenvalue weighted by molar-refractivity contribution is 5.80. The lowest BCUT2D eigenvalue weighted by Crippen LogP contribution is -2.27. The second-order valence-corrected chi connectivity index (χ2v) is 4.96. The normalized spacial score (nSPS) is 12.5. The van der Waals surface area contributed by atoms with Crippen LogP contribution in [0.2, 0.25) is 0 Å². The minimum absolute atomic E-state index is 0.0939.